The Balaban J connectivity index is 1.87. The fourth-order valence-corrected chi connectivity index (χ4v) is 2.98. The fourth-order valence-electron chi connectivity index (χ4n) is 1.76. The molecule has 2 heterocycles. The molecule has 0 unspecified atom stereocenters. The Labute approximate surface area is 123 Å². The van der Waals surface area contributed by atoms with Gasteiger partial charge in [0.15, 0.2) is 5.13 Å². The zero-order valence-corrected chi connectivity index (χ0v) is 13.0. The van der Waals surface area contributed by atoms with Crippen LogP contribution in [0.5, 0.6) is 0 Å². The van der Waals surface area contributed by atoms with Crippen LogP contribution in [-0.4, -0.2) is 14.8 Å². The number of hydrogen-bond donors (Lipinski definition) is 1. The number of anilines is 2. The highest BCUT2D eigenvalue weighted by atomic mass is 79.9. The molecular weight excluding hydrogens is 324 g/mol. The van der Waals surface area contributed by atoms with Crippen molar-refractivity contribution in [2.75, 3.05) is 5.32 Å². The summed E-state index contributed by atoms with van der Waals surface area (Å²) in [5.41, 5.74) is 1.96. The fraction of sp³-hybridized carbons (Fsp3) is 0.231. The molecule has 3 aromatic rings. The predicted molar refractivity (Wildman–Crippen MR) is 83.2 cm³/mol. The van der Waals surface area contributed by atoms with Crippen molar-refractivity contribution in [2.45, 2.75) is 19.9 Å². The van der Waals surface area contributed by atoms with Gasteiger partial charge in [-0.1, -0.05) is 27.3 Å². The average Bonchev–Trinajstić information content (AvgIpc) is 2.95. The van der Waals surface area contributed by atoms with Crippen molar-refractivity contribution in [3.8, 4) is 0 Å². The number of aromatic nitrogens is 3. The Bertz CT molecular complexity index is 716. The van der Waals surface area contributed by atoms with Gasteiger partial charge in [-0.25, -0.2) is 4.98 Å². The summed E-state index contributed by atoms with van der Waals surface area (Å²) >= 11 is 5.10. The number of thiazole rings is 1. The number of nitrogens with zero attached hydrogens (tertiary/aromatic N) is 3. The molecule has 1 N–H and O–H groups in total. The van der Waals surface area contributed by atoms with Crippen LogP contribution in [0.15, 0.2) is 35.1 Å². The molecule has 0 saturated heterocycles. The first-order valence-corrected chi connectivity index (χ1v) is 7.60. The van der Waals surface area contributed by atoms with Crippen molar-refractivity contribution < 1.29 is 0 Å². The van der Waals surface area contributed by atoms with E-state index in [0.717, 1.165) is 20.8 Å². The minimum Gasteiger partial charge on any atom is -0.329 e. The molecule has 0 spiro atoms. The van der Waals surface area contributed by atoms with Crippen LogP contribution in [0.2, 0.25) is 0 Å². The second-order valence-corrected chi connectivity index (χ2v) is 6.51. The molecule has 0 aliphatic heterocycles. The Morgan fingerprint density at radius 3 is 2.95 bits per heavy atom. The molecule has 98 valence electrons. The molecule has 2 aromatic heterocycles. The molecule has 6 heteroatoms. The van der Waals surface area contributed by atoms with Crippen molar-refractivity contribution in [2.24, 2.45) is 0 Å². The normalized spacial score (nSPS) is 11.4. The van der Waals surface area contributed by atoms with Crippen molar-refractivity contribution in [1.82, 2.24) is 14.8 Å². The van der Waals surface area contributed by atoms with Gasteiger partial charge in [0.2, 0.25) is 0 Å². The summed E-state index contributed by atoms with van der Waals surface area (Å²) in [4.78, 5) is 4.56. The van der Waals surface area contributed by atoms with E-state index in [2.05, 4.69) is 51.2 Å². The SMILES string of the molecule is CC(C)n1cc(Nc2nc3cc(Br)ccc3s2)cn1. The van der Waals surface area contributed by atoms with E-state index in [1.165, 1.54) is 4.70 Å². The molecule has 0 fully saturated rings. The summed E-state index contributed by atoms with van der Waals surface area (Å²) in [5, 5.41) is 8.49. The van der Waals surface area contributed by atoms with E-state index in [-0.39, 0.29) is 0 Å². The van der Waals surface area contributed by atoms with Gasteiger partial charge in [-0.05, 0) is 32.0 Å². The van der Waals surface area contributed by atoms with E-state index in [0.29, 0.717) is 6.04 Å². The molecule has 0 atom stereocenters. The zero-order chi connectivity index (χ0) is 13.4. The average molecular weight is 337 g/mol. The van der Waals surface area contributed by atoms with Crippen LogP contribution < -0.4 is 5.32 Å². The molecule has 19 heavy (non-hydrogen) atoms. The Hall–Kier alpha value is -1.40. The molecule has 1 aromatic carbocycles. The van der Waals surface area contributed by atoms with Crippen LogP contribution >= 0.6 is 27.3 Å². The first-order chi connectivity index (χ1) is 9.11. The van der Waals surface area contributed by atoms with Crippen molar-refractivity contribution in [3.05, 3.63) is 35.1 Å². The van der Waals surface area contributed by atoms with Crippen LogP contribution in [-0.2, 0) is 0 Å². The highest BCUT2D eigenvalue weighted by Gasteiger charge is 2.06. The third-order valence-corrected chi connectivity index (χ3v) is 4.18. The summed E-state index contributed by atoms with van der Waals surface area (Å²) < 4.78 is 4.14. The molecule has 0 aliphatic rings. The smallest absolute Gasteiger partial charge is 0.188 e. The quantitative estimate of drug-likeness (QED) is 0.761. The van der Waals surface area contributed by atoms with E-state index < -0.39 is 0 Å². The maximum absolute atomic E-state index is 4.56. The van der Waals surface area contributed by atoms with Crippen molar-refractivity contribution in [3.63, 3.8) is 0 Å². The predicted octanol–water partition coefficient (Wildman–Crippen LogP) is 4.58. The number of halogens is 1. The van der Waals surface area contributed by atoms with Crippen LogP contribution in [0.3, 0.4) is 0 Å². The largest absolute Gasteiger partial charge is 0.329 e. The maximum Gasteiger partial charge on any atom is 0.188 e. The van der Waals surface area contributed by atoms with E-state index in [4.69, 9.17) is 0 Å². The third kappa shape index (κ3) is 2.64. The van der Waals surface area contributed by atoms with E-state index in [1.807, 2.05) is 29.2 Å². The minimum atomic E-state index is 0.363. The molecule has 0 amide bonds. The number of rotatable bonds is 3. The lowest BCUT2D eigenvalue weighted by Gasteiger charge is -2.03. The van der Waals surface area contributed by atoms with Crippen LogP contribution in [0.4, 0.5) is 10.8 Å². The second-order valence-electron chi connectivity index (χ2n) is 4.56. The summed E-state index contributed by atoms with van der Waals surface area (Å²) in [6.45, 7) is 4.21. The lowest BCUT2D eigenvalue weighted by atomic mass is 10.3. The lowest BCUT2D eigenvalue weighted by Crippen LogP contribution is -1.99. The van der Waals surface area contributed by atoms with Crippen LogP contribution in [0.1, 0.15) is 19.9 Å². The molecule has 0 aliphatic carbocycles. The number of nitrogens with one attached hydrogen (secondary N) is 1. The molecule has 3 rings (SSSR count). The van der Waals surface area contributed by atoms with Gasteiger partial charge in [0.1, 0.15) is 0 Å². The molecule has 0 bridgehead atoms. The Kier molecular flexibility index (Phi) is 3.28. The van der Waals surface area contributed by atoms with Crippen molar-refractivity contribution in [1.29, 1.82) is 0 Å². The topological polar surface area (TPSA) is 42.7 Å². The van der Waals surface area contributed by atoms with Gasteiger partial charge < -0.3 is 5.32 Å². The van der Waals surface area contributed by atoms with Gasteiger partial charge in [0, 0.05) is 16.7 Å². The molecule has 0 radical (unpaired) electrons. The van der Waals surface area contributed by atoms with Gasteiger partial charge in [0.25, 0.3) is 0 Å². The second kappa shape index (κ2) is 4.94. The highest BCUT2D eigenvalue weighted by molar-refractivity contribution is 9.10. The van der Waals surface area contributed by atoms with Crippen LogP contribution in [0, 0.1) is 0 Å². The minimum absolute atomic E-state index is 0.363. The summed E-state index contributed by atoms with van der Waals surface area (Å²) in [6, 6.07) is 6.48. The van der Waals surface area contributed by atoms with Crippen molar-refractivity contribution >= 4 is 48.3 Å². The van der Waals surface area contributed by atoms with Gasteiger partial charge in [-0.3, -0.25) is 4.68 Å². The Morgan fingerprint density at radius 1 is 1.37 bits per heavy atom. The third-order valence-electron chi connectivity index (χ3n) is 2.73. The van der Waals surface area contributed by atoms with E-state index in [9.17, 15) is 0 Å². The van der Waals surface area contributed by atoms with Gasteiger partial charge in [0.05, 0.1) is 22.1 Å². The Morgan fingerprint density at radius 2 is 2.21 bits per heavy atom. The monoisotopic (exact) mass is 336 g/mol. The zero-order valence-electron chi connectivity index (χ0n) is 10.6. The summed E-state index contributed by atoms with van der Waals surface area (Å²) in [5.74, 6) is 0. The maximum atomic E-state index is 4.56. The van der Waals surface area contributed by atoms with Gasteiger partial charge >= 0.3 is 0 Å². The number of fused-ring (bicyclic) bond motifs is 1. The highest BCUT2D eigenvalue weighted by Crippen LogP contribution is 2.30. The standard InChI is InChI=1S/C13H13BrN4S/c1-8(2)18-7-10(6-15-18)16-13-17-11-5-9(14)3-4-12(11)19-13/h3-8H,1-2H3,(H,16,17). The summed E-state index contributed by atoms with van der Waals surface area (Å²) in [7, 11) is 0. The van der Waals surface area contributed by atoms with E-state index in [1.54, 1.807) is 11.3 Å². The van der Waals surface area contributed by atoms with Gasteiger partial charge in [-0.15, -0.1) is 0 Å². The first kappa shape index (κ1) is 12.6. The number of benzene rings is 1. The molecular formula is C13H13BrN4S. The first-order valence-electron chi connectivity index (χ1n) is 5.99. The van der Waals surface area contributed by atoms with E-state index >= 15 is 0 Å². The lowest BCUT2D eigenvalue weighted by molar-refractivity contribution is 0.532. The molecule has 0 saturated carbocycles. The molecule has 4 nitrogen and oxygen atoms in total. The summed E-state index contributed by atoms with van der Waals surface area (Å²) in [6.07, 6.45) is 3.81. The van der Waals surface area contributed by atoms with Crippen LogP contribution in [0.25, 0.3) is 10.2 Å². The number of hydrogen-bond acceptors (Lipinski definition) is 4. The van der Waals surface area contributed by atoms with Gasteiger partial charge in [-0.2, -0.15) is 5.10 Å².